The zero-order valence-corrected chi connectivity index (χ0v) is 21.4. The van der Waals surface area contributed by atoms with Crippen LogP contribution in [0, 0.1) is 0 Å². The Morgan fingerprint density at radius 3 is 2.58 bits per heavy atom. The van der Waals surface area contributed by atoms with E-state index >= 15 is 0 Å². The van der Waals surface area contributed by atoms with Crippen molar-refractivity contribution >= 4 is 39.2 Å². The molecule has 0 radical (unpaired) electrons. The Bertz CT molecular complexity index is 1400. The van der Waals surface area contributed by atoms with E-state index in [0.29, 0.717) is 26.5 Å². The van der Waals surface area contributed by atoms with Crippen molar-refractivity contribution in [2.45, 2.75) is 32.4 Å². The smallest absolute Gasteiger partial charge is 0.262 e. The number of anilines is 1. The van der Waals surface area contributed by atoms with E-state index in [9.17, 15) is 9.59 Å². The van der Waals surface area contributed by atoms with Gasteiger partial charge in [0.15, 0.2) is 0 Å². The van der Waals surface area contributed by atoms with Gasteiger partial charge in [-0.2, -0.15) is 5.10 Å². The Hall–Kier alpha value is -3.69. The lowest BCUT2D eigenvalue weighted by molar-refractivity contribution is 0.0915. The number of benzene rings is 2. The number of aromatic amines is 1. The highest BCUT2D eigenvalue weighted by molar-refractivity contribution is 7.20. The summed E-state index contributed by atoms with van der Waals surface area (Å²) < 4.78 is 5.32. The van der Waals surface area contributed by atoms with Gasteiger partial charge in [-0.1, -0.05) is 24.3 Å². The number of hydrogen-bond donors (Lipinski definition) is 3. The van der Waals surface area contributed by atoms with E-state index in [2.05, 4.69) is 25.7 Å². The number of methoxy groups -OCH3 is 1. The van der Waals surface area contributed by atoms with E-state index in [1.54, 1.807) is 13.2 Å². The number of nitrogens with zero attached hydrogens (tertiary/aromatic N) is 2. The second-order valence-electron chi connectivity index (χ2n) is 9.52. The fourth-order valence-electron chi connectivity index (χ4n) is 4.19. The Morgan fingerprint density at radius 1 is 1.11 bits per heavy atom. The third-order valence-electron chi connectivity index (χ3n) is 6.50. The highest BCUT2D eigenvalue weighted by atomic mass is 32.1. The first-order valence-electron chi connectivity index (χ1n) is 11.9. The van der Waals surface area contributed by atoms with E-state index in [4.69, 9.17) is 4.74 Å². The summed E-state index contributed by atoms with van der Waals surface area (Å²) in [4.78, 5) is 29.5. The van der Waals surface area contributed by atoms with Crippen molar-refractivity contribution in [3.63, 3.8) is 0 Å². The number of nitrogens with one attached hydrogen (secondary N) is 3. The van der Waals surface area contributed by atoms with Crippen LogP contribution < -0.4 is 15.4 Å². The molecular formula is C27H29N5O3S. The molecule has 0 aliphatic carbocycles. The van der Waals surface area contributed by atoms with Crippen LogP contribution >= 0.6 is 11.3 Å². The molecule has 0 spiro atoms. The molecule has 1 fully saturated rings. The molecule has 36 heavy (non-hydrogen) atoms. The number of H-pyrrole nitrogens is 1. The SMILES string of the molecule is COc1cccc(C(C)(C)NC(=O)c2cc3c(NC(=O)c4ccc(CN5CCC5)cc4)[nH]nc3s2)c1. The molecule has 3 heterocycles. The maximum Gasteiger partial charge on any atom is 0.262 e. The second-order valence-corrected chi connectivity index (χ2v) is 10.6. The van der Waals surface area contributed by atoms with Gasteiger partial charge >= 0.3 is 0 Å². The molecule has 9 heteroatoms. The quantitative estimate of drug-likeness (QED) is 0.322. The van der Waals surface area contributed by atoms with Crippen molar-refractivity contribution in [1.82, 2.24) is 20.4 Å². The first kappa shape index (κ1) is 24.0. The lowest BCUT2D eigenvalue weighted by atomic mass is 9.94. The van der Waals surface area contributed by atoms with E-state index in [-0.39, 0.29) is 11.8 Å². The standard InChI is InChI=1S/C27H29N5O3S/c1-27(2,19-6-4-7-20(14-19)35-3)29-25(34)22-15-21-23(30-31-26(21)36-22)28-24(33)18-10-8-17(9-11-18)16-32-12-5-13-32/h4,6-11,14-15H,5,12-13,16H2,1-3H3,(H,29,34)(H2,28,30,31,33). The summed E-state index contributed by atoms with van der Waals surface area (Å²) in [6.07, 6.45) is 1.26. The van der Waals surface area contributed by atoms with Gasteiger partial charge in [-0.3, -0.25) is 19.6 Å². The predicted octanol–water partition coefficient (Wildman–Crippen LogP) is 4.76. The van der Waals surface area contributed by atoms with Crippen molar-refractivity contribution in [1.29, 1.82) is 0 Å². The van der Waals surface area contributed by atoms with Gasteiger partial charge in [-0.15, -0.1) is 11.3 Å². The molecule has 4 aromatic rings. The fraction of sp³-hybridized carbons (Fsp3) is 0.296. The van der Waals surface area contributed by atoms with Gasteiger partial charge in [-0.25, -0.2) is 0 Å². The number of amides is 2. The highest BCUT2D eigenvalue weighted by Crippen LogP contribution is 2.31. The lowest BCUT2D eigenvalue weighted by Gasteiger charge is -2.30. The summed E-state index contributed by atoms with van der Waals surface area (Å²) in [7, 11) is 1.62. The van der Waals surface area contributed by atoms with Crippen molar-refractivity contribution in [3.05, 3.63) is 76.2 Å². The van der Waals surface area contributed by atoms with Crippen LogP contribution in [0.5, 0.6) is 5.75 Å². The largest absolute Gasteiger partial charge is 0.497 e. The van der Waals surface area contributed by atoms with Crippen molar-refractivity contribution in [2.24, 2.45) is 0 Å². The number of thiophene rings is 1. The van der Waals surface area contributed by atoms with Gasteiger partial charge in [-0.05, 0) is 74.8 Å². The molecule has 0 bridgehead atoms. The number of carbonyl (C=O) groups excluding carboxylic acids is 2. The van der Waals surface area contributed by atoms with E-state index in [1.165, 1.54) is 23.3 Å². The van der Waals surface area contributed by atoms with Gasteiger partial charge in [0.05, 0.1) is 22.9 Å². The summed E-state index contributed by atoms with van der Waals surface area (Å²) in [5.41, 5.74) is 2.08. The molecule has 2 amide bonds. The number of aromatic nitrogens is 2. The third-order valence-corrected chi connectivity index (χ3v) is 7.53. The number of carbonyl (C=O) groups is 2. The van der Waals surface area contributed by atoms with Gasteiger partial charge < -0.3 is 15.4 Å². The van der Waals surface area contributed by atoms with Crippen LogP contribution in [0.25, 0.3) is 10.2 Å². The van der Waals surface area contributed by atoms with Crippen LogP contribution in [0.15, 0.2) is 54.6 Å². The number of ether oxygens (including phenoxy) is 1. The maximum absolute atomic E-state index is 13.1. The Kier molecular flexibility index (Phi) is 6.51. The third kappa shape index (κ3) is 4.98. The Morgan fingerprint density at radius 2 is 1.89 bits per heavy atom. The van der Waals surface area contributed by atoms with Gasteiger partial charge in [0.25, 0.3) is 11.8 Å². The van der Waals surface area contributed by atoms with Crippen LogP contribution in [-0.4, -0.2) is 47.1 Å². The van der Waals surface area contributed by atoms with Crippen LogP contribution in [-0.2, 0) is 12.1 Å². The minimum Gasteiger partial charge on any atom is -0.497 e. The molecule has 5 rings (SSSR count). The van der Waals surface area contributed by atoms with Crippen molar-refractivity contribution in [3.8, 4) is 5.75 Å². The lowest BCUT2D eigenvalue weighted by Crippen LogP contribution is -2.40. The van der Waals surface area contributed by atoms with Gasteiger partial charge in [0, 0.05) is 12.1 Å². The Balaban J connectivity index is 1.27. The fourth-order valence-corrected chi connectivity index (χ4v) is 5.08. The second kappa shape index (κ2) is 9.75. The molecule has 0 saturated carbocycles. The molecule has 8 nitrogen and oxygen atoms in total. The summed E-state index contributed by atoms with van der Waals surface area (Å²) >= 11 is 1.27. The summed E-state index contributed by atoms with van der Waals surface area (Å²) in [5, 5.41) is 13.8. The molecule has 0 unspecified atom stereocenters. The molecule has 1 saturated heterocycles. The predicted molar refractivity (Wildman–Crippen MR) is 142 cm³/mol. The molecule has 0 atom stereocenters. The molecule has 2 aromatic carbocycles. The summed E-state index contributed by atoms with van der Waals surface area (Å²) in [6.45, 7) is 7.07. The van der Waals surface area contributed by atoms with Crippen molar-refractivity contribution < 1.29 is 14.3 Å². The van der Waals surface area contributed by atoms with Crippen LogP contribution in [0.3, 0.4) is 0 Å². The number of fused-ring (bicyclic) bond motifs is 1. The van der Waals surface area contributed by atoms with Crippen LogP contribution in [0.4, 0.5) is 5.82 Å². The average molecular weight is 504 g/mol. The zero-order valence-electron chi connectivity index (χ0n) is 20.6. The van der Waals surface area contributed by atoms with E-state index < -0.39 is 5.54 Å². The molecule has 3 N–H and O–H groups in total. The summed E-state index contributed by atoms with van der Waals surface area (Å²) in [6, 6.07) is 17.0. The number of hydrogen-bond acceptors (Lipinski definition) is 6. The van der Waals surface area contributed by atoms with Crippen molar-refractivity contribution in [2.75, 3.05) is 25.5 Å². The first-order chi connectivity index (χ1) is 17.3. The minimum absolute atomic E-state index is 0.208. The highest BCUT2D eigenvalue weighted by Gasteiger charge is 2.26. The van der Waals surface area contributed by atoms with Gasteiger partial charge in [0.2, 0.25) is 0 Å². The monoisotopic (exact) mass is 503 g/mol. The van der Waals surface area contributed by atoms with E-state index in [1.807, 2.05) is 62.4 Å². The number of likely N-dealkylation sites (tertiary alicyclic amines) is 1. The molecule has 1 aliphatic rings. The average Bonchev–Trinajstić information content (AvgIpc) is 3.43. The Labute approximate surface area is 213 Å². The normalized spacial score (nSPS) is 13.9. The van der Waals surface area contributed by atoms with E-state index in [0.717, 1.165) is 30.9 Å². The topological polar surface area (TPSA) is 99.4 Å². The summed E-state index contributed by atoms with van der Waals surface area (Å²) in [5.74, 6) is 0.769. The zero-order chi connectivity index (χ0) is 25.3. The first-order valence-corrected chi connectivity index (χ1v) is 12.7. The minimum atomic E-state index is -0.613. The molecular weight excluding hydrogens is 474 g/mol. The molecule has 1 aliphatic heterocycles. The molecule has 2 aromatic heterocycles. The number of rotatable bonds is 8. The van der Waals surface area contributed by atoms with Crippen LogP contribution in [0.2, 0.25) is 0 Å². The maximum atomic E-state index is 13.1. The van der Waals surface area contributed by atoms with Gasteiger partial charge in [0.1, 0.15) is 16.4 Å². The molecule has 186 valence electrons. The van der Waals surface area contributed by atoms with Crippen LogP contribution in [0.1, 0.15) is 51.4 Å².